The first-order chi connectivity index (χ1) is 9.15. The lowest BCUT2D eigenvalue weighted by atomic mass is 9.92. The van der Waals surface area contributed by atoms with Crippen LogP contribution in [0.5, 0.6) is 0 Å². The summed E-state index contributed by atoms with van der Waals surface area (Å²) in [5.41, 5.74) is 1.43. The summed E-state index contributed by atoms with van der Waals surface area (Å²) in [7, 11) is 0. The minimum atomic E-state index is 0.616. The van der Waals surface area contributed by atoms with Crippen molar-refractivity contribution in [1.29, 1.82) is 0 Å². The lowest BCUT2D eigenvalue weighted by Gasteiger charge is -2.34. The molecule has 2 atom stereocenters. The number of nitrogens with zero attached hydrogens (tertiary/aromatic N) is 1. The zero-order chi connectivity index (χ0) is 13.7. The third-order valence-electron chi connectivity index (χ3n) is 4.18. The second kappa shape index (κ2) is 7.06. The Morgan fingerprint density at radius 1 is 1.26 bits per heavy atom. The summed E-state index contributed by atoms with van der Waals surface area (Å²) in [6.45, 7) is 10.4. The Labute approximate surface area is 118 Å². The summed E-state index contributed by atoms with van der Waals surface area (Å²) in [6.07, 6.45) is 2.64. The van der Waals surface area contributed by atoms with Crippen molar-refractivity contribution in [2.45, 2.75) is 52.2 Å². The van der Waals surface area contributed by atoms with Crippen LogP contribution in [-0.2, 0) is 6.54 Å². The average molecular weight is 260 g/mol. The minimum Gasteiger partial charge on any atom is -0.314 e. The van der Waals surface area contributed by atoms with E-state index in [-0.39, 0.29) is 0 Å². The van der Waals surface area contributed by atoms with Gasteiger partial charge in [0.2, 0.25) is 0 Å². The van der Waals surface area contributed by atoms with Crippen molar-refractivity contribution in [3.05, 3.63) is 35.9 Å². The number of hydrogen-bond acceptors (Lipinski definition) is 2. The van der Waals surface area contributed by atoms with Gasteiger partial charge in [0.25, 0.3) is 0 Å². The molecule has 1 N–H and O–H groups in total. The van der Waals surface area contributed by atoms with Gasteiger partial charge in [0.15, 0.2) is 0 Å². The van der Waals surface area contributed by atoms with Crippen LogP contribution in [0, 0.1) is 5.92 Å². The highest BCUT2D eigenvalue weighted by atomic mass is 15.1. The number of hydrogen-bond donors (Lipinski definition) is 1. The molecule has 19 heavy (non-hydrogen) atoms. The van der Waals surface area contributed by atoms with E-state index >= 15 is 0 Å². The van der Waals surface area contributed by atoms with Crippen LogP contribution in [0.15, 0.2) is 30.3 Å². The quantitative estimate of drug-likeness (QED) is 0.874. The molecule has 2 unspecified atom stereocenters. The lowest BCUT2D eigenvalue weighted by Crippen LogP contribution is -2.42. The van der Waals surface area contributed by atoms with Gasteiger partial charge in [0.05, 0.1) is 0 Å². The molecule has 106 valence electrons. The second-order valence-electron chi connectivity index (χ2n) is 6.25. The first-order valence-corrected chi connectivity index (χ1v) is 7.66. The van der Waals surface area contributed by atoms with E-state index in [2.05, 4.69) is 61.3 Å². The van der Waals surface area contributed by atoms with E-state index in [0.717, 1.165) is 12.5 Å². The normalized spacial score (nSPS) is 24.1. The number of benzene rings is 1. The first kappa shape index (κ1) is 14.5. The molecule has 1 fully saturated rings. The monoisotopic (exact) mass is 260 g/mol. The van der Waals surface area contributed by atoms with Gasteiger partial charge in [-0.25, -0.2) is 0 Å². The van der Waals surface area contributed by atoms with Crippen molar-refractivity contribution in [1.82, 2.24) is 10.2 Å². The van der Waals surface area contributed by atoms with Gasteiger partial charge < -0.3 is 5.32 Å². The Morgan fingerprint density at radius 3 is 2.63 bits per heavy atom. The van der Waals surface area contributed by atoms with Crippen molar-refractivity contribution in [2.75, 3.05) is 13.1 Å². The van der Waals surface area contributed by atoms with Gasteiger partial charge in [-0.3, -0.25) is 4.90 Å². The van der Waals surface area contributed by atoms with E-state index in [1.165, 1.54) is 31.5 Å². The Hall–Kier alpha value is -0.860. The van der Waals surface area contributed by atoms with Gasteiger partial charge in [-0.1, -0.05) is 30.3 Å². The maximum absolute atomic E-state index is 3.55. The average Bonchev–Trinajstić information content (AvgIpc) is 2.39. The van der Waals surface area contributed by atoms with Crippen LogP contribution in [0.25, 0.3) is 0 Å². The number of rotatable bonds is 5. The summed E-state index contributed by atoms with van der Waals surface area (Å²) in [6, 6.07) is 12.1. The fraction of sp³-hybridized carbons (Fsp3) is 0.647. The van der Waals surface area contributed by atoms with Gasteiger partial charge in [-0.05, 0) is 51.6 Å². The Kier molecular flexibility index (Phi) is 5.41. The summed E-state index contributed by atoms with van der Waals surface area (Å²) in [5, 5.41) is 3.55. The molecule has 0 spiro atoms. The van der Waals surface area contributed by atoms with Crippen LogP contribution in [0.3, 0.4) is 0 Å². The standard InChI is InChI=1S/C17H28N2/c1-14(2)19(12-16-7-5-4-6-8-16)13-17-9-10-18-15(3)11-17/h4-8,14-15,17-18H,9-13H2,1-3H3. The van der Waals surface area contributed by atoms with Crippen molar-refractivity contribution in [3.63, 3.8) is 0 Å². The first-order valence-electron chi connectivity index (χ1n) is 7.66. The Bertz CT molecular complexity index is 361. The molecule has 1 aromatic carbocycles. The topological polar surface area (TPSA) is 15.3 Å². The molecule has 0 aliphatic carbocycles. The van der Waals surface area contributed by atoms with Crippen molar-refractivity contribution >= 4 is 0 Å². The molecule has 0 amide bonds. The third-order valence-corrected chi connectivity index (χ3v) is 4.18. The Balaban J connectivity index is 1.92. The van der Waals surface area contributed by atoms with Crippen LogP contribution in [0.2, 0.25) is 0 Å². The van der Waals surface area contributed by atoms with E-state index in [0.29, 0.717) is 12.1 Å². The highest BCUT2D eigenvalue weighted by Crippen LogP contribution is 2.20. The lowest BCUT2D eigenvalue weighted by molar-refractivity contribution is 0.152. The van der Waals surface area contributed by atoms with Gasteiger partial charge in [-0.15, -0.1) is 0 Å². The zero-order valence-corrected chi connectivity index (χ0v) is 12.6. The summed E-state index contributed by atoms with van der Waals surface area (Å²) in [4.78, 5) is 2.62. The van der Waals surface area contributed by atoms with Crippen molar-refractivity contribution < 1.29 is 0 Å². The third kappa shape index (κ3) is 4.63. The molecule has 0 saturated carbocycles. The molecule has 1 aliphatic heterocycles. The largest absolute Gasteiger partial charge is 0.314 e. The van der Waals surface area contributed by atoms with Crippen LogP contribution >= 0.6 is 0 Å². The molecular formula is C17H28N2. The summed E-state index contributed by atoms with van der Waals surface area (Å²) >= 11 is 0. The second-order valence-corrected chi connectivity index (χ2v) is 6.25. The van der Waals surface area contributed by atoms with E-state index in [1.54, 1.807) is 0 Å². The molecule has 0 radical (unpaired) electrons. The van der Waals surface area contributed by atoms with Gasteiger partial charge >= 0.3 is 0 Å². The predicted molar refractivity (Wildman–Crippen MR) is 82.2 cm³/mol. The fourth-order valence-corrected chi connectivity index (χ4v) is 3.01. The highest BCUT2D eigenvalue weighted by molar-refractivity contribution is 5.14. The predicted octanol–water partition coefficient (Wildman–Crippen LogP) is 3.29. The maximum Gasteiger partial charge on any atom is 0.0236 e. The Morgan fingerprint density at radius 2 is 2.00 bits per heavy atom. The SMILES string of the molecule is CC1CC(CN(Cc2ccccc2)C(C)C)CCN1. The molecule has 1 aromatic rings. The van der Waals surface area contributed by atoms with Crippen LogP contribution in [-0.4, -0.2) is 30.1 Å². The molecule has 0 aromatic heterocycles. The van der Waals surface area contributed by atoms with Gasteiger partial charge in [0, 0.05) is 25.2 Å². The summed E-state index contributed by atoms with van der Waals surface area (Å²) < 4.78 is 0. The van der Waals surface area contributed by atoms with E-state index in [9.17, 15) is 0 Å². The highest BCUT2D eigenvalue weighted by Gasteiger charge is 2.22. The molecular weight excluding hydrogens is 232 g/mol. The molecule has 1 aliphatic rings. The van der Waals surface area contributed by atoms with Gasteiger partial charge in [-0.2, -0.15) is 0 Å². The smallest absolute Gasteiger partial charge is 0.0236 e. The molecule has 2 rings (SSSR count). The maximum atomic E-state index is 3.55. The number of nitrogens with one attached hydrogen (secondary N) is 1. The molecule has 2 nitrogen and oxygen atoms in total. The van der Waals surface area contributed by atoms with E-state index < -0.39 is 0 Å². The van der Waals surface area contributed by atoms with Crippen LogP contribution in [0.4, 0.5) is 0 Å². The minimum absolute atomic E-state index is 0.616. The fourth-order valence-electron chi connectivity index (χ4n) is 3.01. The molecule has 1 saturated heterocycles. The van der Waals surface area contributed by atoms with Crippen molar-refractivity contribution in [3.8, 4) is 0 Å². The van der Waals surface area contributed by atoms with Gasteiger partial charge in [0.1, 0.15) is 0 Å². The zero-order valence-electron chi connectivity index (χ0n) is 12.6. The van der Waals surface area contributed by atoms with E-state index in [4.69, 9.17) is 0 Å². The summed E-state index contributed by atoms with van der Waals surface area (Å²) in [5.74, 6) is 0.849. The van der Waals surface area contributed by atoms with Crippen molar-refractivity contribution in [2.24, 2.45) is 5.92 Å². The molecule has 1 heterocycles. The van der Waals surface area contributed by atoms with Crippen LogP contribution < -0.4 is 5.32 Å². The number of piperidine rings is 1. The van der Waals surface area contributed by atoms with E-state index in [1.807, 2.05) is 0 Å². The molecule has 0 bridgehead atoms. The molecule has 2 heteroatoms. The van der Waals surface area contributed by atoms with Crippen LogP contribution in [0.1, 0.15) is 39.2 Å².